The molecular weight excluding hydrogens is 287 g/mol. The predicted molar refractivity (Wildman–Crippen MR) is 70.5 cm³/mol. The van der Waals surface area contributed by atoms with Crippen LogP contribution in [0.5, 0.6) is 0 Å². The molecule has 4 N–H and O–H groups in total. The third-order valence-electron chi connectivity index (χ3n) is 2.23. The number of hydrogen-bond acceptors (Lipinski definition) is 4. The number of halogens is 1. The van der Waals surface area contributed by atoms with E-state index in [2.05, 4.69) is 5.32 Å². The van der Waals surface area contributed by atoms with Crippen molar-refractivity contribution in [2.45, 2.75) is 17.4 Å². The zero-order valence-electron chi connectivity index (χ0n) is 10.3. The molecule has 0 aromatic heterocycles. The van der Waals surface area contributed by atoms with Gasteiger partial charge in [-0.1, -0.05) is 12.1 Å². The van der Waals surface area contributed by atoms with Crippen molar-refractivity contribution in [3.05, 3.63) is 30.1 Å². The largest absolute Gasteiger partial charge is 0.480 e. The molecule has 0 bridgehead atoms. The Morgan fingerprint density at radius 3 is 2.55 bits per heavy atom. The summed E-state index contributed by atoms with van der Waals surface area (Å²) in [6.45, 7) is 0. The molecule has 8 heteroatoms. The van der Waals surface area contributed by atoms with Crippen molar-refractivity contribution in [1.29, 1.82) is 0 Å². The number of aliphatic carboxylic acids is 1. The third kappa shape index (κ3) is 5.27. The number of benzene rings is 1. The second-order valence-corrected chi connectivity index (χ2v) is 4.87. The highest BCUT2D eigenvalue weighted by Gasteiger charge is 2.22. The van der Waals surface area contributed by atoms with E-state index < -0.39 is 36.1 Å². The quantitative estimate of drug-likeness (QED) is 0.630. The summed E-state index contributed by atoms with van der Waals surface area (Å²) in [6.07, 6.45) is -0.495. The molecule has 2 amide bonds. The number of rotatable bonds is 7. The van der Waals surface area contributed by atoms with E-state index in [-0.39, 0.29) is 10.6 Å². The fourth-order valence-corrected chi connectivity index (χ4v) is 2.09. The summed E-state index contributed by atoms with van der Waals surface area (Å²) in [7, 11) is 0. The van der Waals surface area contributed by atoms with E-state index >= 15 is 0 Å². The minimum absolute atomic E-state index is 0.163. The van der Waals surface area contributed by atoms with Crippen LogP contribution in [0.25, 0.3) is 0 Å². The Kier molecular flexibility index (Phi) is 5.98. The van der Waals surface area contributed by atoms with Crippen molar-refractivity contribution in [2.24, 2.45) is 5.73 Å². The molecule has 1 unspecified atom stereocenters. The average molecular weight is 300 g/mol. The lowest BCUT2D eigenvalue weighted by Crippen LogP contribution is -2.44. The highest BCUT2D eigenvalue weighted by Crippen LogP contribution is 2.20. The van der Waals surface area contributed by atoms with Crippen molar-refractivity contribution < 1.29 is 23.9 Å². The smallest absolute Gasteiger partial charge is 0.326 e. The lowest BCUT2D eigenvalue weighted by atomic mass is 10.2. The lowest BCUT2D eigenvalue weighted by Gasteiger charge is -2.12. The summed E-state index contributed by atoms with van der Waals surface area (Å²) in [4.78, 5) is 33.3. The zero-order valence-corrected chi connectivity index (χ0v) is 11.2. The van der Waals surface area contributed by atoms with Gasteiger partial charge in [0.15, 0.2) is 0 Å². The number of hydrogen-bond donors (Lipinski definition) is 3. The number of amides is 2. The zero-order chi connectivity index (χ0) is 15.1. The molecule has 1 aromatic rings. The molecule has 0 saturated carbocycles. The van der Waals surface area contributed by atoms with Gasteiger partial charge >= 0.3 is 5.97 Å². The molecule has 0 heterocycles. The van der Waals surface area contributed by atoms with E-state index in [0.29, 0.717) is 0 Å². The fourth-order valence-electron chi connectivity index (χ4n) is 1.34. The molecule has 0 aliphatic heterocycles. The summed E-state index contributed by atoms with van der Waals surface area (Å²) in [5, 5.41) is 11.0. The summed E-state index contributed by atoms with van der Waals surface area (Å²) in [5.74, 6) is -3.43. The van der Waals surface area contributed by atoms with Gasteiger partial charge in [0, 0.05) is 4.90 Å². The second kappa shape index (κ2) is 7.49. The normalized spacial score (nSPS) is 11.7. The van der Waals surface area contributed by atoms with E-state index in [0.717, 1.165) is 11.8 Å². The van der Waals surface area contributed by atoms with E-state index in [1.54, 1.807) is 6.07 Å². The Hall–Kier alpha value is -2.09. The van der Waals surface area contributed by atoms with Crippen LogP contribution >= 0.6 is 11.8 Å². The molecule has 0 spiro atoms. The molecule has 0 saturated heterocycles. The minimum atomic E-state index is -1.37. The van der Waals surface area contributed by atoms with Crippen LogP contribution in [0.1, 0.15) is 6.42 Å². The lowest BCUT2D eigenvalue weighted by molar-refractivity contribution is -0.143. The number of nitrogens with one attached hydrogen (secondary N) is 1. The van der Waals surface area contributed by atoms with Gasteiger partial charge in [-0.3, -0.25) is 9.59 Å². The number of nitrogens with two attached hydrogens (primary N) is 1. The summed E-state index contributed by atoms with van der Waals surface area (Å²) >= 11 is 0.932. The van der Waals surface area contributed by atoms with Gasteiger partial charge in [0.2, 0.25) is 11.8 Å². The second-order valence-electron chi connectivity index (χ2n) is 3.85. The molecule has 0 aliphatic carbocycles. The Morgan fingerprint density at radius 1 is 1.35 bits per heavy atom. The molecule has 1 rings (SSSR count). The number of carboxylic acids is 1. The van der Waals surface area contributed by atoms with Crippen LogP contribution in [0, 0.1) is 5.82 Å². The maximum atomic E-state index is 13.3. The van der Waals surface area contributed by atoms with Crippen molar-refractivity contribution in [1.82, 2.24) is 5.32 Å². The maximum absolute atomic E-state index is 13.3. The van der Waals surface area contributed by atoms with E-state index in [1.165, 1.54) is 18.2 Å². The Labute approximate surface area is 118 Å². The van der Waals surface area contributed by atoms with Gasteiger partial charge in [-0.05, 0) is 12.1 Å². The Balaban J connectivity index is 2.52. The molecule has 108 valence electrons. The Bertz CT molecular complexity index is 524. The third-order valence-corrected chi connectivity index (χ3v) is 3.28. The molecule has 1 aromatic carbocycles. The molecule has 1 atom stereocenters. The number of carbonyl (C=O) groups excluding carboxylic acids is 2. The number of thioether (sulfide) groups is 1. The molecule has 0 fully saturated rings. The van der Waals surface area contributed by atoms with E-state index in [4.69, 9.17) is 10.8 Å². The Morgan fingerprint density at radius 2 is 2.00 bits per heavy atom. The van der Waals surface area contributed by atoms with Crippen molar-refractivity contribution in [3.8, 4) is 0 Å². The van der Waals surface area contributed by atoms with Crippen LogP contribution in [0.15, 0.2) is 29.2 Å². The monoisotopic (exact) mass is 300 g/mol. The number of carboxylic acid groups (broad SMARTS) is 1. The van der Waals surface area contributed by atoms with E-state index in [9.17, 15) is 18.8 Å². The highest BCUT2D eigenvalue weighted by atomic mass is 32.2. The number of carbonyl (C=O) groups is 3. The van der Waals surface area contributed by atoms with Crippen LogP contribution in [-0.4, -0.2) is 34.7 Å². The summed E-state index contributed by atoms with van der Waals surface area (Å²) in [5.41, 5.74) is 4.88. The van der Waals surface area contributed by atoms with Crippen molar-refractivity contribution >= 4 is 29.5 Å². The molecular formula is C12H13FN2O4S. The van der Waals surface area contributed by atoms with Crippen LogP contribution in [0.4, 0.5) is 4.39 Å². The van der Waals surface area contributed by atoms with Crippen LogP contribution in [-0.2, 0) is 14.4 Å². The standard InChI is InChI=1S/C12H13FN2O4S/c13-7-3-1-2-4-9(7)20-6-11(17)15-8(12(18)19)5-10(14)16/h1-4,8H,5-6H2,(H2,14,16)(H,15,17)(H,18,19). The number of primary amides is 1. The SMILES string of the molecule is NC(=O)CC(NC(=O)CSc1ccccc1F)C(=O)O. The van der Waals surface area contributed by atoms with Gasteiger partial charge in [-0.25, -0.2) is 9.18 Å². The molecule has 6 nitrogen and oxygen atoms in total. The first-order valence-electron chi connectivity index (χ1n) is 5.58. The maximum Gasteiger partial charge on any atom is 0.326 e. The van der Waals surface area contributed by atoms with Gasteiger partial charge in [0.1, 0.15) is 11.9 Å². The average Bonchev–Trinajstić information content (AvgIpc) is 2.36. The topological polar surface area (TPSA) is 109 Å². The van der Waals surface area contributed by atoms with Crippen molar-refractivity contribution in [2.75, 3.05) is 5.75 Å². The van der Waals surface area contributed by atoms with Crippen LogP contribution in [0.3, 0.4) is 0 Å². The van der Waals surface area contributed by atoms with Gasteiger partial charge in [-0.15, -0.1) is 11.8 Å². The van der Waals surface area contributed by atoms with E-state index in [1.807, 2.05) is 0 Å². The first-order valence-corrected chi connectivity index (χ1v) is 6.56. The highest BCUT2D eigenvalue weighted by molar-refractivity contribution is 8.00. The van der Waals surface area contributed by atoms with Gasteiger partial charge in [0.25, 0.3) is 0 Å². The molecule has 20 heavy (non-hydrogen) atoms. The van der Waals surface area contributed by atoms with Crippen molar-refractivity contribution in [3.63, 3.8) is 0 Å². The summed E-state index contributed by atoms with van der Waals surface area (Å²) < 4.78 is 13.3. The van der Waals surface area contributed by atoms with Gasteiger partial charge in [0.05, 0.1) is 12.2 Å². The van der Waals surface area contributed by atoms with Gasteiger partial charge in [-0.2, -0.15) is 0 Å². The van der Waals surface area contributed by atoms with Gasteiger partial charge < -0.3 is 16.2 Å². The minimum Gasteiger partial charge on any atom is -0.480 e. The first kappa shape index (κ1) is 16.0. The molecule has 0 aliphatic rings. The summed E-state index contributed by atoms with van der Waals surface area (Å²) in [6, 6.07) is 4.53. The molecule has 0 radical (unpaired) electrons. The predicted octanol–water partition coefficient (Wildman–Crippen LogP) is 0.363. The van der Waals surface area contributed by atoms with Crippen LogP contribution < -0.4 is 11.1 Å². The first-order chi connectivity index (χ1) is 9.40. The fraction of sp³-hybridized carbons (Fsp3) is 0.250. The van der Waals surface area contributed by atoms with Crippen LogP contribution in [0.2, 0.25) is 0 Å².